The first-order valence-electron chi connectivity index (χ1n) is 11.0. The maximum atomic E-state index is 15.6. The monoisotopic (exact) mass is 474 g/mol. The van der Waals surface area contributed by atoms with Gasteiger partial charge in [0.15, 0.2) is 5.82 Å². The van der Waals surface area contributed by atoms with Gasteiger partial charge in [-0.15, -0.1) is 0 Å². The Balaban J connectivity index is 2.09. The molecule has 1 aromatic carbocycles. The van der Waals surface area contributed by atoms with Crippen molar-refractivity contribution in [3.8, 4) is 11.8 Å². The quantitative estimate of drug-likeness (QED) is 0.523. The first kappa shape index (κ1) is 25.2. The Bertz CT molecular complexity index is 1270. The molecule has 1 N–H and O–H groups in total. The van der Waals surface area contributed by atoms with Gasteiger partial charge >= 0.3 is 12.1 Å². The lowest BCUT2D eigenvalue weighted by molar-refractivity contribution is 0.0490. The van der Waals surface area contributed by atoms with Gasteiger partial charge in [0, 0.05) is 12.2 Å². The van der Waals surface area contributed by atoms with Gasteiger partial charge in [0.05, 0.1) is 28.6 Å². The number of aromatic nitrogens is 1. The van der Waals surface area contributed by atoms with Crippen molar-refractivity contribution in [2.45, 2.75) is 71.6 Å². The van der Waals surface area contributed by atoms with Crippen molar-refractivity contribution in [1.82, 2.24) is 9.88 Å². The zero-order valence-electron chi connectivity index (χ0n) is 20.1. The molecule has 1 fully saturated rings. The van der Waals surface area contributed by atoms with Gasteiger partial charge in [0.2, 0.25) is 5.43 Å². The molecule has 1 heterocycles. The molecular weight excluding hydrogens is 446 g/mol. The van der Waals surface area contributed by atoms with E-state index >= 15 is 4.39 Å². The van der Waals surface area contributed by atoms with Gasteiger partial charge in [0.25, 0.3) is 0 Å². The summed E-state index contributed by atoms with van der Waals surface area (Å²) in [6.07, 6.45) is 2.00. The van der Waals surface area contributed by atoms with Crippen LogP contribution in [0.25, 0.3) is 10.9 Å². The average molecular weight is 475 g/mol. The van der Waals surface area contributed by atoms with Crippen molar-refractivity contribution in [2.24, 2.45) is 0 Å². The molecule has 1 saturated carbocycles. The predicted molar refractivity (Wildman–Crippen MR) is 123 cm³/mol. The van der Waals surface area contributed by atoms with Crippen molar-refractivity contribution >= 4 is 23.0 Å². The molecule has 3 rings (SSSR count). The molecule has 1 amide bonds. The smallest absolute Gasteiger partial charge is 0.408 e. The summed E-state index contributed by atoms with van der Waals surface area (Å²) in [5.41, 5.74) is -3.64. The SMILES string of the molecule is CCOC(=O)c1cn(C2CC2)c2c(F)c(C#CC(C)(C)NC(=O)OC(C)(C)C)c(F)cc2c1=O. The van der Waals surface area contributed by atoms with Gasteiger partial charge in [-0.25, -0.2) is 18.4 Å². The van der Waals surface area contributed by atoms with Crippen LogP contribution in [0.2, 0.25) is 0 Å². The highest BCUT2D eigenvalue weighted by molar-refractivity contribution is 5.94. The van der Waals surface area contributed by atoms with Crippen molar-refractivity contribution < 1.29 is 27.8 Å². The van der Waals surface area contributed by atoms with Crippen molar-refractivity contribution in [2.75, 3.05) is 6.61 Å². The molecule has 0 aliphatic heterocycles. The Morgan fingerprint density at radius 2 is 1.85 bits per heavy atom. The number of hydrogen-bond donors (Lipinski definition) is 1. The third-order valence-electron chi connectivity index (χ3n) is 4.96. The highest BCUT2D eigenvalue weighted by Crippen LogP contribution is 2.38. The van der Waals surface area contributed by atoms with Crippen LogP contribution in [0.4, 0.5) is 13.6 Å². The number of ether oxygens (including phenoxy) is 2. The summed E-state index contributed by atoms with van der Waals surface area (Å²) >= 11 is 0. The molecular formula is C25H28F2N2O5. The zero-order valence-corrected chi connectivity index (χ0v) is 20.1. The Hall–Kier alpha value is -3.41. The van der Waals surface area contributed by atoms with Crippen LogP contribution in [-0.2, 0) is 9.47 Å². The van der Waals surface area contributed by atoms with Crippen molar-refractivity contribution in [3.63, 3.8) is 0 Å². The van der Waals surface area contributed by atoms with Gasteiger partial charge in [-0.2, -0.15) is 0 Å². The number of nitrogens with zero attached hydrogens (tertiary/aromatic N) is 1. The molecule has 34 heavy (non-hydrogen) atoms. The molecule has 9 heteroatoms. The molecule has 0 spiro atoms. The first-order valence-corrected chi connectivity index (χ1v) is 11.0. The standard InChI is InChI=1S/C25H28F2N2O5/c1-7-33-22(31)17-13-29(14-8-9-14)20-16(21(17)30)12-18(26)15(19(20)27)10-11-25(5,6)28-23(32)34-24(2,3)4/h12-14H,7-9H2,1-6H3,(H,28,32). The van der Waals surface area contributed by atoms with E-state index < -0.39 is 45.8 Å². The maximum absolute atomic E-state index is 15.6. The summed E-state index contributed by atoms with van der Waals surface area (Å²) in [5.74, 6) is 2.23. The first-order chi connectivity index (χ1) is 15.7. The van der Waals surface area contributed by atoms with E-state index in [1.165, 1.54) is 10.8 Å². The van der Waals surface area contributed by atoms with Crippen LogP contribution in [-0.4, -0.2) is 34.4 Å². The predicted octanol–water partition coefficient (Wildman–Crippen LogP) is 4.45. The number of benzene rings is 1. The third-order valence-corrected chi connectivity index (χ3v) is 4.96. The van der Waals surface area contributed by atoms with Gasteiger partial charge in [-0.05, 0) is 60.5 Å². The number of rotatable bonds is 4. The molecule has 7 nitrogen and oxygen atoms in total. The Kier molecular flexibility index (Phi) is 6.74. The minimum absolute atomic E-state index is 0.0596. The van der Waals surface area contributed by atoms with Gasteiger partial charge in [0.1, 0.15) is 17.0 Å². The van der Waals surface area contributed by atoms with E-state index in [9.17, 15) is 18.8 Å². The number of fused-ring (bicyclic) bond motifs is 1. The number of esters is 1. The Morgan fingerprint density at radius 3 is 2.41 bits per heavy atom. The second kappa shape index (κ2) is 9.09. The van der Waals surface area contributed by atoms with Gasteiger partial charge < -0.3 is 19.4 Å². The van der Waals surface area contributed by atoms with Crippen LogP contribution in [0.5, 0.6) is 0 Å². The third kappa shape index (κ3) is 5.56. The molecule has 0 saturated heterocycles. The average Bonchev–Trinajstić information content (AvgIpc) is 3.51. The van der Waals surface area contributed by atoms with Crippen LogP contribution in [0.1, 0.15) is 76.3 Å². The molecule has 1 aliphatic rings. The van der Waals surface area contributed by atoms with E-state index in [1.54, 1.807) is 41.5 Å². The van der Waals surface area contributed by atoms with Crippen molar-refractivity contribution in [3.05, 3.63) is 45.2 Å². The highest BCUT2D eigenvalue weighted by Gasteiger charge is 2.30. The summed E-state index contributed by atoms with van der Waals surface area (Å²) in [4.78, 5) is 37.2. The fraction of sp³-hybridized carbons (Fsp3) is 0.480. The largest absolute Gasteiger partial charge is 0.462 e. The number of pyridine rings is 1. The van der Waals surface area contributed by atoms with E-state index in [0.717, 1.165) is 18.9 Å². The Morgan fingerprint density at radius 1 is 1.21 bits per heavy atom. The molecule has 0 atom stereocenters. The van der Waals surface area contributed by atoms with E-state index in [4.69, 9.17) is 9.47 Å². The number of amides is 1. The molecule has 1 aliphatic carbocycles. The lowest BCUT2D eigenvalue weighted by atomic mass is 10.0. The number of carbonyl (C=O) groups excluding carboxylic acids is 2. The van der Waals surface area contributed by atoms with E-state index in [-0.39, 0.29) is 29.1 Å². The Labute approximate surface area is 196 Å². The van der Waals surface area contributed by atoms with Crippen molar-refractivity contribution in [1.29, 1.82) is 0 Å². The molecule has 0 radical (unpaired) electrons. The fourth-order valence-electron chi connectivity index (χ4n) is 3.36. The maximum Gasteiger partial charge on any atom is 0.408 e. The molecule has 0 unspecified atom stereocenters. The number of alkyl carbamates (subject to hydrolysis) is 1. The van der Waals surface area contributed by atoms with Crippen LogP contribution < -0.4 is 10.7 Å². The van der Waals surface area contributed by atoms with Crippen LogP contribution >= 0.6 is 0 Å². The number of nitrogens with one attached hydrogen (secondary N) is 1. The summed E-state index contributed by atoms with van der Waals surface area (Å²) in [6, 6.07) is 0.767. The second-order valence-corrected chi connectivity index (χ2v) is 9.68. The minimum Gasteiger partial charge on any atom is -0.462 e. The molecule has 1 aromatic heterocycles. The fourth-order valence-corrected chi connectivity index (χ4v) is 3.36. The summed E-state index contributed by atoms with van der Waals surface area (Å²) in [5, 5.41) is 2.29. The second-order valence-electron chi connectivity index (χ2n) is 9.68. The molecule has 182 valence electrons. The molecule has 2 aromatic rings. The van der Waals surface area contributed by atoms with Crippen LogP contribution in [0, 0.1) is 23.5 Å². The summed E-state index contributed by atoms with van der Waals surface area (Å²) < 4.78 is 42.1. The van der Waals surface area contributed by atoms with Gasteiger partial charge in [-0.1, -0.05) is 11.8 Å². The number of halogens is 2. The van der Waals surface area contributed by atoms with E-state index in [1.807, 2.05) is 0 Å². The van der Waals surface area contributed by atoms with E-state index in [2.05, 4.69) is 17.2 Å². The lowest BCUT2D eigenvalue weighted by Crippen LogP contribution is -2.44. The highest BCUT2D eigenvalue weighted by atomic mass is 19.1. The lowest BCUT2D eigenvalue weighted by Gasteiger charge is -2.24. The van der Waals surface area contributed by atoms with E-state index in [0.29, 0.717) is 0 Å². The van der Waals surface area contributed by atoms with Crippen LogP contribution in [0.3, 0.4) is 0 Å². The normalized spacial score (nSPS) is 13.8. The minimum atomic E-state index is -1.17. The number of hydrogen-bond acceptors (Lipinski definition) is 5. The summed E-state index contributed by atoms with van der Waals surface area (Å²) in [6.45, 7) is 9.90. The van der Waals surface area contributed by atoms with Gasteiger partial charge in [-0.3, -0.25) is 4.79 Å². The van der Waals surface area contributed by atoms with Crippen LogP contribution in [0.15, 0.2) is 17.1 Å². The topological polar surface area (TPSA) is 86.6 Å². The molecule has 0 bridgehead atoms. The number of carbonyl (C=O) groups is 2. The summed E-state index contributed by atoms with van der Waals surface area (Å²) in [7, 11) is 0. The zero-order chi connectivity index (χ0) is 25.4.